The number of nitrogens with zero attached hydrogens (tertiary/aromatic N) is 5. The van der Waals surface area contributed by atoms with E-state index < -0.39 is 0 Å². The largest absolute Gasteiger partial charge is 0.352 e. The van der Waals surface area contributed by atoms with Crippen LogP contribution in [0.4, 0.5) is 10.2 Å². The molecule has 0 aromatic carbocycles. The van der Waals surface area contributed by atoms with Crippen molar-refractivity contribution in [3.63, 3.8) is 0 Å². The number of carbonyl (C=O) groups is 1. The van der Waals surface area contributed by atoms with Crippen LogP contribution in [0, 0.1) is 5.82 Å². The monoisotopic (exact) mass is 359 g/mol. The Bertz CT molecular complexity index is 805. The van der Waals surface area contributed by atoms with E-state index in [0.717, 1.165) is 25.0 Å². The lowest BCUT2D eigenvalue weighted by molar-refractivity contribution is 0.0725. The van der Waals surface area contributed by atoms with Crippen molar-refractivity contribution in [2.45, 2.75) is 38.5 Å². The molecule has 1 amide bonds. The van der Waals surface area contributed by atoms with Gasteiger partial charge >= 0.3 is 0 Å². The summed E-state index contributed by atoms with van der Waals surface area (Å²) in [4.78, 5) is 24.4. The summed E-state index contributed by atoms with van der Waals surface area (Å²) in [5, 5.41) is 4.01. The summed E-state index contributed by atoms with van der Waals surface area (Å²) >= 11 is 0. The molecule has 0 N–H and O–H groups in total. The van der Waals surface area contributed by atoms with Gasteiger partial charge in [0.15, 0.2) is 11.6 Å². The zero-order chi connectivity index (χ0) is 18.1. The smallest absolute Gasteiger partial charge is 0.292 e. The first-order chi connectivity index (χ1) is 12.7. The van der Waals surface area contributed by atoms with E-state index in [1.807, 2.05) is 11.8 Å². The van der Waals surface area contributed by atoms with Crippen molar-refractivity contribution in [3.05, 3.63) is 35.4 Å². The number of anilines is 1. The molecule has 0 unspecified atom stereocenters. The molecule has 0 radical (unpaired) electrons. The molecule has 3 heterocycles. The van der Waals surface area contributed by atoms with Crippen LogP contribution in [0.25, 0.3) is 0 Å². The van der Waals surface area contributed by atoms with E-state index in [1.54, 1.807) is 11.0 Å². The first kappa shape index (κ1) is 16.9. The van der Waals surface area contributed by atoms with Crippen LogP contribution in [0.1, 0.15) is 54.0 Å². The number of hydrogen-bond donors (Lipinski definition) is 0. The van der Waals surface area contributed by atoms with Crippen molar-refractivity contribution < 1.29 is 13.7 Å². The Labute approximate surface area is 151 Å². The minimum atomic E-state index is -0.362. The molecular weight excluding hydrogens is 337 g/mol. The van der Waals surface area contributed by atoms with Gasteiger partial charge < -0.3 is 14.3 Å². The second-order valence-electron chi connectivity index (χ2n) is 6.83. The molecule has 2 aliphatic rings. The number of aryl methyl sites for hydroxylation is 1. The van der Waals surface area contributed by atoms with Gasteiger partial charge in [-0.1, -0.05) is 12.1 Å². The Morgan fingerprint density at radius 1 is 1.27 bits per heavy atom. The highest BCUT2D eigenvalue weighted by Gasteiger charge is 2.30. The van der Waals surface area contributed by atoms with Crippen LogP contribution in [-0.4, -0.2) is 52.1 Å². The molecule has 8 heteroatoms. The average molecular weight is 359 g/mol. The van der Waals surface area contributed by atoms with E-state index in [4.69, 9.17) is 4.52 Å². The second kappa shape index (κ2) is 7.01. The Kier molecular flexibility index (Phi) is 4.57. The molecule has 2 aromatic heterocycles. The summed E-state index contributed by atoms with van der Waals surface area (Å²) in [7, 11) is 0. The van der Waals surface area contributed by atoms with E-state index >= 15 is 0 Å². The Morgan fingerprint density at radius 3 is 2.88 bits per heavy atom. The van der Waals surface area contributed by atoms with Gasteiger partial charge in [-0.25, -0.2) is 14.4 Å². The molecule has 1 saturated carbocycles. The topological polar surface area (TPSA) is 75.4 Å². The predicted octanol–water partition coefficient (Wildman–Crippen LogP) is 2.40. The number of rotatable bonds is 4. The third-order valence-corrected chi connectivity index (χ3v) is 5.00. The Balaban J connectivity index is 1.45. The molecule has 26 heavy (non-hydrogen) atoms. The van der Waals surface area contributed by atoms with Crippen molar-refractivity contribution >= 4 is 11.7 Å². The van der Waals surface area contributed by atoms with E-state index in [0.29, 0.717) is 55.8 Å². The molecule has 2 fully saturated rings. The van der Waals surface area contributed by atoms with Crippen molar-refractivity contribution in [2.24, 2.45) is 0 Å². The molecule has 1 aliphatic carbocycles. The first-order valence-electron chi connectivity index (χ1n) is 9.17. The van der Waals surface area contributed by atoms with Gasteiger partial charge in [-0.3, -0.25) is 4.79 Å². The molecule has 1 aliphatic heterocycles. The number of hydrogen-bond acceptors (Lipinski definition) is 6. The molecule has 0 atom stereocenters. The van der Waals surface area contributed by atoms with E-state index in [1.165, 1.54) is 6.33 Å². The summed E-state index contributed by atoms with van der Waals surface area (Å²) in [6.45, 7) is 4.12. The third kappa shape index (κ3) is 3.27. The van der Waals surface area contributed by atoms with Crippen LogP contribution < -0.4 is 4.90 Å². The Morgan fingerprint density at radius 2 is 2.12 bits per heavy atom. The lowest BCUT2D eigenvalue weighted by atomic mass is 10.2. The summed E-state index contributed by atoms with van der Waals surface area (Å²) in [5.74, 6) is 0.555. The minimum absolute atomic E-state index is 0.149. The number of amides is 1. The first-order valence-corrected chi connectivity index (χ1v) is 9.17. The van der Waals surface area contributed by atoms with Crippen molar-refractivity contribution in [1.82, 2.24) is 20.0 Å². The van der Waals surface area contributed by atoms with Gasteiger partial charge in [0.2, 0.25) is 5.76 Å². The van der Waals surface area contributed by atoms with Gasteiger partial charge in [-0.05, 0) is 25.7 Å². The van der Waals surface area contributed by atoms with Crippen molar-refractivity contribution in [1.29, 1.82) is 0 Å². The molecule has 4 rings (SSSR count). The van der Waals surface area contributed by atoms with Gasteiger partial charge in [0.1, 0.15) is 6.33 Å². The van der Waals surface area contributed by atoms with Gasteiger partial charge in [0.25, 0.3) is 5.91 Å². The van der Waals surface area contributed by atoms with Crippen LogP contribution in [0.2, 0.25) is 0 Å². The highest BCUT2D eigenvalue weighted by molar-refractivity contribution is 5.91. The SMILES string of the molecule is CCc1ncnc(N2CCCN(C(=O)c3cc(C4CC4)no3)CC2)c1F. The maximum absolute atomic E-state index is 14.5. The predicted molar refractivity (Wildman–Crippen MR) is 92.6 cm³/mol. The normalized spacial score (nSPS) is 18.1. The average Bonchev–Trinajstić information content (AvgIpc) is 3.44. The molecule has 138 valence electrons. The molecule has 0 spiro atoms. The minimum Gasteiger partial charge on any atom is -0.352 e. The van der Waals surface area contributed by atoms with Crippen LogP contribution in [0.5, 0.6) is 0 Å². The number of aromatic nitrogens is 3. The summed E-state index contributed by atoms with van der Waals surface area (Å²) in [6, 6.07) is 1.76. The zero-order valence-corrected chi connectivity index (χ0v) is 14.8. The van der Waals surface area contributed by atoms with Crippen molar-refractivity contribution in [3.8, 4) is 0 Å². The molecule has 7 nitrogen and oxygen atoms in total. The lowest BCUT2D eigenvalue weighted by Gasteiger charge is -2.23. The molecule has 1 saturated heterocycles. The molecule has 0 bridgehead atoms. The standard InChI is InChI=1S/C18H22FN5O2/c1-2-13-16(19)17(21-11-20-13)23-6-3-7-24(9-8-23)18(25)15-10-14(22-26-15)12-4-5-12/h10-12H,2-9H2,1H3. The van der Waals surface area contributed by atoms with Crippen LogP contribution in [0.15, 0.2) is 16.9 Å². The van der Waals surface area contributed by atoms with E-state index in [2.05, 4.69) is 15.1 Å². The maximum atomic E-state index is 14.5. The summed E-state index contributed by atoms with van der Waals surface area (Å²) in [5.41, 5.74) is 1.29. The number of halogens is 1. The van der Waals surface area contributed by atoms with E-state index in [9.17, 15) is 9.18 Å². The van der Waals surface area contributed by atoms with Crippen LogP contribution >= 0.6 is 0 Å². The fourth-order valence-electron chi connectivity index (χ4n) is 3.31. The highest BCUT2D eigenvalue weighted by atomic mass is 19.1. The maximum Gasteiger partial charge on any atom is 0.292 e. The van der Waals surface area contributed by atoms with Gasteiger partial charge in [0, 0.05) is 38.2 Å². The van der Waals surface area contributed by atoms with Gasteiger partial charge in [-0.15, -0.1) is 0 Å². The molecular formula is C18H22FN5O2. The Hall–Kier alpha value is -2.51. The number of carbonyl (C=O) groups excluding carboxylic acids is 1. The fraction of sp³-hybridized carbons (Fsp3) is 0.556. The van der Waals surface area contributed by atoms with Crippen molar-refractivity contribution in [2.75, 3.05) is 31.1 Å². The zero-order valence-electron chi connectivity index (χ0n) is 14.8. The second-order valence-corrected chi connectivity index (χ2v) is 6.83. The van der Waals surface area contributed by atoms with Gasteiger partial charge in [-0.2, -0.15) is 0 Å². The highest BCUT2D eigenvalue weighted by Crippen LogP contribution is 2.39. The fourth-order valence-corrected chi connectivity index (χ4v) is 3.31. The van der Waals surface area contributed by atoms with E-state index in [-0.39, 0.29) is 11.7 Å². The van der Waals surface area contributed by atoms with Gasteiger partial charge in [0.05, 0.1) is 11.4 Å². The summed E-state index contributed by atoms with van der Waals surface area (Å²) < 4.78 is 19.8. The quantitative estimate of drug-likeness (QED) is 0.834. The molecule has 2 aromatic rings. The van der Waals surface area contributed by atoms with Crippen LogP contribution in [0.3, 0.4) is 0 Å². The summed E-state index contributed by atoms with van der Waals surface area (Å²) in [6.07, 6.45) is 4.89. The third-order valence-electron chi connectivity index (χ3n) is 5.00. The lowest BCUT2D eigenvalue weighted by Crippen LogP contribution is -2.35. The van der Waals surface area contributed by atoms with Crippen LogP contribution in [-0.2, 0) is 6.42 Å².